The average Bonchev–Trinajstić information content (AvgIpc) is 2.43. The Balaban J connectivity index is 1.68. The fourth-order valence-electron chi connectivity index (χ4n) is 1.54. The first-order chi connectivity index (χ1) is 9.25. The Morgan fingerprint density at radius 1 is 1.32 bits per heavy atom. The van der Waals surface area contributed by atoms with Crippen LogP contribution >= 0.6 is 15.9 Å². The fraction of sp³-hybridized carbons (Fsp3) is 0.214. The molecule has 1 N–H and O–H groups in total. The average molecular weight is 325 g/mol. The summed E-state index contributed by atoms with van der Waals surface area (Å²) >= 11 is 3.12. The van der Waals surface area contributed by atoms with Crippen LogP contribution in [0.2, 0.25) is 0 Å². The van der Waals surface area contributed by atoms with E-state index in [1.807, 2.05) is 18.3 Å². The summed E-state index contributed by atoms with van der Waals surface area (Å²) in [6.45, 7) is 1.99. The van der Waals surface area contributed by atoms with Crippen molar-refractivity contribution in [1.29, 1.82) is 0 Å². The number of hydrogen-bond donors (Lipinski definition) is 1. The molecule has 1 aromatic heterocycles. The molecule has 100 valence electrons. The molecular formula is C14H14BrFN2O. The maximum absolute atomic E-state index is 13.0. The highest BCUT2D eigenvalue weighted by Gasteiger charge is 2.00. The molecule has 0 amide bonds. The lowest BCUT2D eigenvalue weighted by molar-refractivity contribution is 0.313. The lowest BCUT2D eigenvalue weighted by Gasteiger charge is -2.08. The molecule has 0 spiro atoms. The first kappa shape index (κ1) is 14.0. The molecule has 0 saturated heterocycles. The molecule has 0 fully saturated rings. The van der Waals surface area contributed by atoms with Crippen LogP contribution in [0.25, 0.3) is 0 Å². The largest absolute Gasteiger partial charge is 0.492 e. The van der Waals surface area contributed by atoms with Gasteiger partial charge in [-0.1, -0.05) is 6.07 Å². The zero-order valence-electron chi connectivity index (χ0n) is 10.3. The van der Waals surface area contributed by atoms with Gasteiger partial charge in [-0.15, -0.1) is 0 Å². The van der Waals surface area contributed by atoms with Crippen molar-refractivity contribution >= 4 is 15.9 Å². The van der Waals surface area contributed by atoms with Crippen molar-refractivity contribution in [3.63, 3.8) is 0 Å². The third-order valence-electron chi connectivity index (χ3n) is 2.49. The van der Waals surface area contributed by atoms with E-state index in [1.54, 1.807) is 18.3 Å². The van der Waals surface area contributed by atoms with E-state index in [1.165, 1.54) is 6.07 Å². The lowest BCUT2D eigenvalue weighted by atomic mass is 10.3. The summed E-state index contributed by atoms with van der Waals surface area (Å²) in [7, 11) is 0. The minimum absolute atomic E-state index is 0.290. The number of aromatic nitrogens is 1. The number of hydrogen-bond acceptors (Lipinski definition) is 3. The monoisotopic (exact) mass is 324 g/mol. The van der Waals surface area contributed by atoms with Crippen molar-refractivity contribution in [1.82, 2.24) is 10.3 Å². The fourth-order valence-corrected chi connectivity index (χ4v) is 1.90. The van der Waals surface area contributed by atoms with Crippen molar-refractivity contribution in [2.75, 3.05) is 13.2 Å². The van der Waals surface area contributed by atoms with Crippen LogP contribution in [0.1, 0.15) is 5.56 Å². The summed E-state index contributed by atoms with van der Waals surface area (Å²) in [6.07, 6.45) is 3.57. The minimum atomic E-state index is -0.290. The molecule has 2 rings (SSSR count). The van der Waals surface area contributed by atoms with Gasteiger partial charge in [0.2, 0.25) is 0 Å². The molecule has 0 radical (unpaired) electrons. The molecule has 3 nitrogen and oxygen atoms in total. The number of nitrogens with zero attached hydrogens (tertiary/aromatic N) is 1. The van der Waals surface area contributed by atoms with Crippen LogP contribution in [-0.4, -0.2) is 18.1 Å². The molecule has 19 heavy (non-hydrogen) atoms. The molecule has 0 aliphatic heterocycles. The molecule has 0 aliphatic rings. The van der Waals surface area contributed by atoms with E-state index in [4.69, 9.17) is 4.74 Å². The van der Waals surface area contributed by atoms with Gasteiger partial charge in [-0.25, -0.2) is 4.39 Å². The van der Waals surface area contributed by atoms with Gasteiger partial charge in [-0.3, -0.25) is 4.98 Å². The normalized spacial score (nSPS) is 10.4. The van der Waals surface area contributed by atoms with Crippen LogP contribution in [0, 0.1) is 5.82 Å². The Labute approximate surface area is 119 Å². The highest BCUT2D eigenvalue weighted by Crippen LogP contribution is 2.21. The molecule has 5 heteroatoms. The SMILES string of the molecule is Fc1ccc(OCCNCc2cccnc2)cc1Br. The third kappa shape index (κ3) is 4.61. The highest BCUT2D eigenvalue weighted by molar-refractivity contribution is 9.10. The Hall–Kier alpha value is -1.46. The van der Waals surface area contributed by atoms with E-state index < -0.39 is 0 Å². The number of halogens is 2. The van der Waals surface area contributed by atoms with Gasteiger partial charge in [0.1, 0.15) is 18.2 Å². The number of benzene rings is 1. The van der Waals surface area contributed by atoms with Gasteiger partial charge in [0.25, 0.3) is 0 Å². The summed E-state index contributed by atoms with van der Waals surface area (Å²) in [5, 5.41) is 3.25. The van der Waals surface area contributed by atoms with Crippen LogP contribution in [-0.2, 0) is 6.54 Å². The van der Waals surface area contributed by atoms with Gasteiger partial charge in [0.05, 0.1) is 4.47 Å². The van der Waals surface area contributed by atoms with Crippen LogP contribution in [0.15, 0.2) is 47.2 Å². The first-order valence-electron chi connectivity index (χ1n) is 5.93. The molecular weight excluding hydrogens is 311 g/mol. The van der Waals surface area contributed by atoms with Crippen molar-refractivity contribution in [3.05, 3.63) is 58.6 Å². The summed E-state index contributed by atoms with van der Waals surface area (Å²) in [5.41, 5.74) is 1.13. The Morgan fingerprint density at radius 2 is 2.21 bits per heavy atom. The molecule has 0 saturated carbocycles. The maximum atomic E-state index is 13.0. The van der Waals surface area contributed by atoms with Crippen LogP contribution in [0.3, 0.4) is 0 Å². The third-order valence-corrected chi connectivity index (χ3v) is 3.10. The van der Waals surface area contributed by atoms with Gasteiger partial charge >= 0.3 is 0 Å². The molecule has 1 aromatic carbocycles. The smallest absolute Gasteiger partial charge is 0.137 e. The summed E-state index contributed by atoms with van der Waals surface area (Å²) in [5.74, 6) is 0.360. The number of ether oxygens (including phenoxy) is 1. The number of rotatable bonds is 6. The first-order valence-corrected chi connectivity index (χ1v) is 6.72. The van der Waals surface area contributed by atoms with E-state index in [0.717, 1.165) is 12.1 Å². The summed E-state index contributed by atoms with van der Waals surface area (Å²) in [6, 6.07) is 8.53. The summed E-state index contributed by atoms with van der Waals surface area (Å²) in [4.78, 5) is 4.04. The summed E-state index contributed by atoms with van der Waals surface area (Å²) < 4.78 is 18.9. The van der Waals surface area contributed by atoms with E-state index in [2.05, 4.69) is 26.2 Å². The van der Waals surface area contributed by atoms with Crippen molar-refractivity contribution in [2.24, 2.45) is 0 Å². The quantitative estimate of drug-likeness (QED) is 0.829. The maximum Gasteiger partial charge on any atom is 0.137 e. The topological polar surface area (TPSA) is 34.1 Å². The highest BCUT2D eigenvalue weighted by atomic mass is 79.9. The predicted molar refractivity (Wildman–Crippen MR) is 75.5 cm³/mol. The van der Waals surface area contributed by atoms with Crippen LogP contribution < -0.4 is 10.1 Å². The molecule has 0 unspecified atom stereocenters. The van der Waals surface area contributed by atoms with E-state index in [9.17, 15) is 4.39 Å². The Kier molecular flexibility index (Phi) is 5.30. The van der Waals surface area contributed by atoms with Crippen LogP contribution in [0.5, 0.6) is 5.75 Å². The van der Waals surface area contributed by atoms with Gasteiger partial charge in [-0.2, -0.15) is 0 Å². The zero-order valence-corrected chi connectivity index (χ0v) is 11.9. The number of nitrogens with one attached hydrogen (secondary N) is 1. The molecule has 0 aliphatic carbocycles. The standard InChI is InChI=1S/C14H14BrFN2O/c15-13-8-12(3-4-14(13)16)19-7-6-18-10-11-2-1-5-17-9-11/h1-5,8-9,18H,6-7,10H2. The second-order valence-corrected chi connectivity index (χ2v) is 4.82. The van der Waals surface area contributed by atoms with Crippen LogP contribution in [0.4, 0.5) is 4.39 Å². The Bertz CT molecular complexity index is 522. The van der Waals surface area contributed by atoms with E-state index in [-0.39, 0.29) is 5.82 Å². The molecule has 0 atom stereocenters. The van der Waals surface area contributed by atoms with Gasteiger partial charge in [0.15, 0.2) is 0 Å². The van der Waals surface area contributed by atoms with Gasteiger partial charge in [-0.05, 0) is 45.8 Å². The Morgan fingerprint density at radius 3 is 2.95 bits per heavy atom. The molecule has 1 heterocycles. The zero-order chi connectivity index (χ0) is 13.5. The number of pyridine rings is 1. The second-order valence-electron chi connectivity index (χ2n) is 3.96. The second kappa shape index (κ2) is 7.21. The molecule has 0 bridgehead atoms. The minimum Gasteiger partial charge on any atom is -0.492 e. The van der Waals surface area contributed by atoms with Crippen molar-refractivity contribution in [2.45, 2.75) is 6.54 Å². The van der Waals surface area contributed by atoms with Crippen molar-refractivity contribution in [3.8, 4) is 5.75 Å². The molecule has 2 aromatic rings. The van der Waals surface area contributed by atoms with Gasteiger partial charge < -0.3 is 10.1 Å². The van der Waals surface area contributed by atoms with E-state index >= 15 is 0 Å². The predicted octanol–water partition coefficient (Wildman–Crippen LogP) is 3.15. The lowest BCUT2D eigenvalue weighted by Crippen LogP contribution is -2.20. The van der Waals surface area contributed by atoms with E-state index in [0.29, 0.717) is 23.4 Å². The van der Waals surface area contributed by atoms with Crippen molar-refractivity contribution < 1.29 is 9.13 Å². The van der Waals surface area contributed by atoms with Gasteiger partial charge in [0, 0.05) is 25.5 Å².